The summed E-state index contributed by atoms with van der Waals surface area (Å²) in [6.07, 6.45) is 3.58. The number of carbonyl (C=O) groups excluding carboxylic acids is 2. The summed E-state index contributed by atoms with van der Waals surface area (Å²) in [5, 5.41) is 21.6. The summed E-state index contributed by atoms with van der Waals surface area (Å²) in [4.78, 5) is 30.2. The van der Waals surface area contributed by atoms with Crippen molar-refractivity contribution in [3.63, 3.8) is 0 Å². The van der Waals surface area contributed by atoms with Crippen molar-refractivity contribution in [2.45, 2.75) is 32.4 Å². The Balaban J connectivity index is 0.00000225. The molecule has 4 rings (SSSR count). The summed E-state index contributed by atoms with van der Waals surface area (Å²) < 4.78 is 2.01. The van der Waals surface area contributed by atoms with Gasteiger partial charge < -0.3 is 24.3 Å². The maximum atomic E-state index is 12.3. The van der Waals surface area contributed by atoms with Crippen LogP contribution in [0.15, 0.2) is 41.2 Å². The Hall–Kier alpha value is -1.32. The van der Waals surface area contributed by atoms with E-state index in [1.54, 1.807) is 13.1 Å². The molecule has 142 valence electrons. The maximum Gasteiger partial charge on any atom is 1.00 e. The number of hydrogen-bond acceptors (Lipinski definition) is 6. The van der Waals surface area contributed by atoms with Crippen LogP contribution in [0.2, 0.25) is 0 Å². The van der Waals surface area contributed by atoms with Gasteiger partial charge in [-0.2, -0.15) is 0 Å². The van der Waals surface area contributed by atoms with Gasteiger partial charge in [-0.1, -0.05) is 13.0 Å². The Bertz CT molecular complexity index is 958. The molecule has 28 heavy (non-hydrogen) atoms. The molecule has 0 radical (unpaired) electrons. The molecule has 0 bridgehead atoms. The minimum Gasteiger partial charge on any atom is -0.543 e. The number of fused-ring (bicyclic) bond motifs is 2. The summed E-state index contributed by atoms with van der Waals surface area (Å²) in [5.41, 5.74) is 1.93. The Kier molecular flexibility index (Phi) is 6.26. The van der Waals surface area contributed by atoms with Crippen molar-refractivity contribution >= 4 is 29.3 Å². The molecule has 1 amide bonds. The number of carbonyl (C=O) groups is 2. The van der Waals surface area contributed by atoms with E-state index in [0.29, 0.717) is 10.7 Å². The van der Waals surface area contributed by atoms with Gasteiger partial charge in [0.05, 0.1) is 29.7 Å². The van der Waals surface area contributed by atoms with E-state index in [0.717, 1.165) is 17.8 Å². The number of aryl methyl sites for hydroxylation is 1. The Morgan fingerprint density at radius 3 is 2.86 bits per heavy atom. The van der Waals surface area contributed by atoms with Crippen LogP contribution in [0.1, 0.15) is 19.5 Å². The van der Waals surface area contributed by atoms with E-state index in [9.17, 15) is 19.8 Å². The van der Waals surface area contributed by atoms with Crippen LogP contribution >= 0.6 is 11.8 Å². The van der Waals surface area contributed by atoms with Crippen LogP contribution in [0.25, 0.3) is 5.65 Å². The van der Waals surface area contributed by atoms with Gasteiger partial charge in [-0.3, -0.25) is 4.79 Å². The fourth-order valence-electron chi connectivity index (χ4n) is 4.18. The predicted molar refractivity (Wildman–Crippen MR) is 98.4 cm³/mol. The number of aliphatic hydroxyl groups excluding tert-OH is 1. The number of pyridine rings is 1. The zero-order valence-corrected chi connectivity index (χ0v) is 18.8. The third-order valence-corrected chi connectivity index (χ3v) is 6.71. The number of aromatic nitrogens is 2. The van der Waals surface area contributed by atoms with Gasteiger partial charge in [0.15, 0.2) is 0 Å². The number of amides is 1. The van der Waals surface area contributed by atoms with Crippen LogP contribution in [-0.4, -0.2) is 49.2 Å². The molecule has 0 unspecified atom stereocenters. The predicted octanol–water partition coefficient (Wildman–Crippen LogP) is -2.57. The number of aliphatic carboxylic acids is 1. The summed E-state index contributed by atoms with van der Waals surface area (Å²) in [7, 11) is 0. The molecule has 4 atom stereocenters. The molecular weight excluding hydrogens is 389 g/mol. The van der Waals surface area contributed by atoms with Gasteiger partial charge in [0.2, 0.25) is 5.91 Å². The maximum absolute atomic E-state index is 12.3. The molecule has 0 spiro atoms. The number of imidazole rings is 1. The van der Waals surface area contributed by atoms with Crippen molar-refractivity contribution in [3.8, 4) is 0 Å². The summed E-state index contributed by atoms with van der Waals surface area (Å²) in [5.74, 6) is -1.68. The SMILES string of the molecule is C[C@@H](O)[C@H]1C(=O)N2C(C(=O)[O-])=C(SCCc3cccc4nccn34)[C@H](C)[C@H]12.[Na+]. The second kappa shape index (κ2) is 8.20. The zero-order chi connectivity index (χ0) is 19.3. The van der Waals surface area contributed by atoms with Crippen LogP contribution in [0.5, 0.6) is 0 Å². The van der Waals surface area contributed by atoms with Gasteiger partial charge in [-0.15, -0.1) is 11.8 Å². The third-order valence-electron chi connectivity index (χ3n) is 5.43. The summed E-state index contributed by atoms with van der Waals surface area (Å²) in [6.45, 7) is 3.48. The number of carboxylic acid groups (broad SMARTS) is 1. The first kappa shape index (κ1) is 21.4. The molecule has 7 nitrogen and oxygen atoms in total. The number of thioether (sulfide) groups is 1. The number of hydrogen-bond donors (Lipinski definition) is 1. The van der Waals surface area contributed by atoms with E-state index in [-0.39, 0.29) is 53.1 Å². The van der Waals surface area contributed by atoms with E-state index < -0.39 is 18.0 Å². The van der Waals surface area contributed by atoms with Gasteiger partial charge in [0, 0.05) is 34.7 Å². The second-order valence-electron chi connectivity index (χ2n) is 7.03. The normalized spacial score (nSPS) is 24.8. The molecule has 2 aliphatic rings. The van der Waals surface area contributed by atoms with Crippen LogP contribution in [0, 0.1) is 11.8 Å². The van der Waals surface area contributed by atoms with Crippen molar-refractivity contribution in [1.29, 1.82) is 0 Å². The number of carboxylic acids is 1. The van der Waals surface area contributed by atoms with Gasteiger partial charge in [0.1, 0.15) is 5.65 Å². The minimum atomic E-state index is -1.33. The first-order valence-electron chi connectivity index (χ1n) is 8.92. The average molecular weight is 409 g/mol. The zero-order valence-electron chi connectivity index (χ0n) is 16.0. The average Bonchev–Trinajstić information content (AvgIpc) is 3.17. The molecule has 2 aromatic heterocycles. The molecule has 4 heterocycles. The van der Waals surface area contributed by atoms with Gasteiger partial charge in [0.25, 0.3) is 0 Å². The molecule has 2 aromatic rings. The van der Waals surface area contributed by atoms with Crippen molar-refractivity contribution in [1.82, 2.24) is 14.3 Å². The summed E-state index contributed by atoms with van der Waals surface area (Å²) >= 11 is 1.45. The quantitative estimate of drug-likeness (QED) is 0.416. The van der Waals surface area contributed by atoms with Crippen LogP contribution < -0.4 is 34.7 Å². The standard InChI is InChI=1S/C19H21N3O4S.Na/c1-10-15-14(11(2)23)18(24)22(15)16(19(25)26)17(10)27-9-6-12-4-3-5-13-20-7-8-21(12)13;/h3-5,7-8,10-11,14-15,23H,6,9H2,1-2H3,(H,25,26);/q;+1/p-1/t10-,11-,14-,15-;/m1./s1. The number of aliphatic hydroxyl groups is 1. The fourth-order valence-corrected chi connectivity index (χ4v) is 5.43. The Morgan fingerprint density at radius 1 is 1.43 bits per heavy atom. The monoisotopic (exact) mass is 409 g/mol. The van der Waals surface area contributed by atoms with E-state index in [1.807, 2.05) is 35.7 Å². The molecule has 1 saturated heterocycles. The van der Waals surface area contributed by atoms with Gasteiger partial charge in [-0.25, -0.2) is 4.98 Å². The molecule has 0 aromatic carbocycles. The number of β-lactam (4-membered cyclic amide) rings is 1. The van der Waals surface area contributed by atoms with Crippen molar-refractivity contribution in [3.05, 3.63) is 46.9 Å². The van der Waals surface area contributed by atoms with Crippen LogP contribution in [-0.2, 0) is 16.0 Å². The van der Waals surface area contributed by atoms with E-state index in [1.165, 1.54) is 16.7 Å². The molecule has 0 aliphatic carbocycles. The summed E-state index contributed by atoms with van der Waals surface area (Å²) in [6, 6.07) is 5.59. The van der Waals surface area contributed by atoms with Gasteiger partial charge in [-0.05, 0) is 25.5 Å². The molecular formula is C19H20N3NaO4S. The molecule has 2 aliphatic heterocycles. The van der Waals surface area contributed by atoms with Crippen LogP contribution in [0.4, 0.5) is 0 Å². The molecule has 1 N–H and O–H groups in total. The minimum absolute atomic E-state index is 0. The second-order valence-corrected chi connectivity index (χ2v) is 8.16. The van der Waals surface area contributed by atoms with E-state index >= 15 is 0 Å². The first-order valence-corrected chi connectivity index (χ1v) is 9.90. The topological polar surface area (TPSA) is 98.0 Å². The van der Waals surface area contributed by atoms with Crippen molar-refractivity contribution < 1.29 is 49.4 Å². The van der Waals surface area contributed by atoms with Crippen LogP contribution in [0.3, 0.4) is 0 Å². The van der Waals surface area contributed by atoms with Crippen molar-refractivity contribution in [2.75, 3.05) is 5.75 Å². The molecule has 0 saturated carbocycles. The third kappa shape index (κ3) is 3.31. The molecule has 9 heteroatoms. The largest absolute Gasteiger partial charge is 1.00 e. The Labute approximate surface area is 189 Å². The van der Waals surface area contributed by atoms with E-state index in [4.69, 9.17) is 0 Å². The smallest absolute Gasteiger partial charge is 0.543 e. The van der Waals surface area contributed by atoms with E-state index in [2.05, 4.69) is 4.98 Å². The number of rotatable bonds is 6. The first-order chi connectivity index (χ1) is 12.9. The molecule has 1 fully saturated rings. The van der Waals surface area contributed by atoms with Crippen molar-refractivity contribution in [2.24, 2.45) is 11.8 Å². The van der Waals surface area contributed by atoms with Gasteiger partial charge >= 0.3 is 29.6 Å². The number of nitrogens with zero attached hydrogens (tertiary/aromatic N) is 3. The fraction of sp³-hybridized carbons (Fsp3) is 0.421. The Morgan fingerprint density at radius 2 is 2.18 bits per heavy atom.